The summed E-state index contributed by atoms with van der Waals surface area (Å²) in [6.45, 7) is 4.92. The van der Waals surface area contributed by atoms with E-state index in [2.05, 4.69) is 18.9 Å². The normalized spacial score (nSPS) is 28.2. The molecule has 2 atom stereocenters. The minimum Gasteiger partial charge on any atom is -0.340 e. The summed E-state index contributed by atoms with van der Waals surface area (Å²) in [6.07, 6.45) is 4.09. The Kier molecular flexibility index (Phi) is 4.05. The van der Waals surface area contributed by atoms with E-state index in [0.717, 1.165) is 26.1 Å². The molecule has 1 aliphatic carbocycles. The Hall–Kier alpha value is -0.610. The molecule has 0 aromatic rings. The second-order valence-corrected chi connectivity index (χ2v) is 5.59. The zero-order chi connectivity index (χ0) is 12.4. The van der Waals surface area contributed by atoms with E-state index in [-0.39, 0.29) is 11.9 Å². The Morgan fingerprint density at radius 2 is 2.12 bits per heavy atom. The third kappa shape index (κ3) is 3.19. The maximum Gasteiger partial charge on any atom is 0.224 e. The molecule has 2 aliphatic rings. The molecule has 1 heterocycles. The van der Waals surface area contributed by atoms with Crippen LogP contribution in [0, 0.1) is 5.92 Å². The van der Waals surface area contributed by atoms with Crippen molar-refractivity contribution in [1.82, 2.24) is 9.80 Å². The fourth-order valence-electron chi connectivity index (χ4n) is 2.64. The molecule has 1 aliphatic heterocycles. The standard InChI is InChI=1S/C13H25N3O/c1-3-11-9-16(7-6-15(11)2)13(17)8-12(14)10-4-5-10/h10-12H,3-9,14H2,1-2H3. The van der Waals surface area contributed by atoms with Crippen molar-refractivity contribution in [3.63, 3.8) is 0 Å². The molecule has 2 unspecified atom stereocenters. The molecule has 4 heteroatoms. The topological polar surface area (TPSA) is 49.6 Å². The summed E-state index contributed by atoms with van der Waals surface area (Å²) in [5.74, 6) is 0.879. The molecule has 98 valence electrons. The van der Waals surface area contributed by atoms with Crippen LogP contribution in [0.1, 0.15) is 32.6 Å². The molecule has 2 rings (SSSR count). The lowest BCUT2D eigenvalue weighted by Gasteiger charge is -2.39. The second-order valence-electron chi connectivity index (χ2n) is 5.59. The van der Waals surface area contributed by atoms with Crippen molar-refractivity contribution in [2.45, 2.75) is 44.7 Å². The number of piperazine rings is 1. The average molecular weight is 239 g/mol. The van der Waals surface area contributed by atoms with Crippen molar-refractivity contribution < 1.29 is 4.79 Å². The molecule has 4 nitrogen and oxygen atoms in total. The number of likely N-dealkylation sites (N-methyl/N-ethyl adjacent to an activating group) is 1. The summed E-state index contributed by atoms with van der Waals surface area (Å²) in [6, 6.07) is 0.618. The van der Waals surface area contributed by atoms with Crippen molar-refractivity contribution in [3.05, 3.63) is 0 Å². The van der Waals surface area contributed by atoms with Gasteiger partial charge in [-0.3, -0.25) is 9.69 Å². The van der Waals surface area contributed by atoms with Crippen LogP contribution >= 0.6 is 0 Å². The maximum absolute atomic E-state index is 12.1. The summed E-state index contributed by atoms with van der Waals surface area (Å²) in [5.41, 5.74) is 6.02. The number of carbonyl (C=O) groups is 1. The lowest BCUT2D eigenvalue weighted by Crippen LogP contribution is -2.53. The zero-order valence-electron chi connectivity index (χ0n) is 11.1. The molecule has 1 saturated heterocycles. The van der Waals surface area contributed by atoms with Gasteiger partial charge in [-0.25, -0.2) is 0 Å². The van der Waals surface area contributed by atoms with Crippen LogP contribution in [0.25, 0.3) is 0 Å². The van der Waals surface area contributed by atoms with Crippen molar-refractivity contribution in [3.8, 4) is 0 Å². The molecular weight excluding hydrogens is 214 g/mol. The van der Waals surface area contributed by atoms with Crippen molar-refractivity contribution in [1.29, 1.82) is 0 Å². The number of rotatable bonds is 4. The van der Waals surface area contributed by atoms with Gasteiger partial charge in [0.25, 0.3) is 0 Å². The molecule has 0 aromatic carbocycles. The first kappa shape index (κ1) is 12.8. The molecule has 0 aromatic heterocycles. The highest BCUT2D eigenvalue weighted by atomic mass is 16.2. The van der Waals surface area contributed by atoms with E-state index >= 15 is 0 Å². The fraction of sp³-hybridized carbons (Fsp3) is 0.923. The Morgan fingerprint density at radius 3 is 2.71 bits per heavy atom. The van der Waals surface area contributed by atoms with Gasteiger partial charge in [-0.1, -0.05) is 6.92 Å². The highest BCUT2D eigenvalue weighted by Crippen LogP contribution is 2.33. The van der Waals surface area contributed by atoms with Gasteiger partial charge < -0.3 is 10.6 Å². The second kappa shape index (κ2) is 5.36. The van der Waals surface area contributed by atoms with Gasteiger partial charge in [0.1, 0.15) is 0 Å². The van der Waals surface area contributed by atoms with E-state index in [1.165, 1.54) is 12.8 Å². The molecule has 1 saturated carbocycles. The molecule has 0 spiro atoms. The summed E-state index contributed by atoms with van der Waals surface area (Å²) in [4.78, 5) is 16.5. The minimum absolute atomic E-state index is 0.0993. The van der Waals surface area contributed by atoms with Crippen molar-refractivity contribution in [2.75, 3.05) is 26.7 Å². The Balaban J connectivity index is 1.82. The fourth-order valence-corrected chi connectivity index (χ4v) is 2.64. The van der Waals surface area contributed by atoms with Gasteiger partial charge in [-0.05, 0) is 32.2 Å². The van der Waals surface area contributed by atoms with Gasteiger partial charge >= 0.3 is 0 Å². The van der Waals surface area contributed by atoms with E-state index in [1.54, 1.807) is 0 Å². The highest BCUT2D eigenvalue weighted by molar-refractivity contribution is 5.77. The maximum atomic E-state index is 12.1. The number of hydrogen-bond donors (Lipinski definition) is 1. The van der Waals surface area contributed by atoms with E-state index in [9.17, 15) is 4.79 Å². The van der Waals surface area contributed by atoms with Crippen LogP contribution in [0.3, 0.4) is 0 Å². The summed E-state index contributed by atoms with van der Waals surface area (Å²) < 4.78 is 0. The van der Waals surface area contributed by atoms with Crippen molar-refractivity contribution in [2.24, 2.45) is 11.7 Å². The predicted molar refractivity (Wildman–Crippen MR) is 68.6 cm³/mol. The number of nitrogens with two attached hydrogens (primary N) is 1. The molecule has 2 fully saturated rings. The van der Waals surface area contributed by atoms with Gasteiger partial charge in [0.2, 0.25) is 5.91 Å². The SMILES string of the molecule is CCC1CN(C(=O)CC(N)C2CC2)CCN1C. The molecule has 0 radical (unpaired) electrons. The Labute approximate surface area is 104 Å². The first-order valence-corrected chi connectivity index (χ1v) is 6.85. The number of hydrogen-bond acceptors (Lipinski definition) is 3. The van der Waals surface area contributed by atoms with Crippen LogP contribution in [0.2, 0.25) is 0 Å². The summed E-state index contributed by atoms with van der Waals surface area (Å²) in [7, 11) is 2.14. The first-order valence-electron chi connectivity index (χ1n) is 6.85. The molecule has 1 amide bonds. The molecule has 2 N–H and O–H groups in total. The quantitative estimate of drug-likeness (QED) is 0.784. The number of amides is 1. The van der Waals surface area contributed by atoms with E-state index in [1.807, 2.05) is 4.90 Å². The van der Waals surface area contributed by atoms with Gasteiger partial charge in [0.15, 0.2) is 0 Å². The predicted octanol–water partition coefficient (Wildman–Crippen LogP) is 0.666. The highest BCUT2D eigenvalue weighted by Gasteiger charge is 2.32. The Morgan fingerprint density at radius 1 is 1.41 bits per heavy atom. The van der Waals surface area contributed by atoms with E-state index in [0.29, 0.717) is 18.4 Å². The monoisotopic (exact) mass is 239 g/mol. The number of nitrogens with zero attached hydrogens (tertiary/aromatic N) is 2. The van der Waals surface area contributed by atoms with Crippen LogP contribution in [0.4, 0.5) is 0 Å². The van der Waals surface area contributed by atoms with Gasteiger partial charge in [-0.2, -0.15) is 0 Å². The Bertz CT molecular complexity index is 278. The molecule has 17 heavy (non-hydrogen) atoms. The van der Waals surface area contributed by atoms with E-state index in [4.69, 9.17) is 5.73 Å². The van der Waals surface area contributed by atoms with Crippen LogP contribution < -0.4 is 5.73 Å². The van der Waals surface area contributed by atoms with Gasteiger partial charge in [0, 0.05) is 38.1 Å². The van der Waals surface area contributed by atoms with Crippen molar-refractivity contribution >= 4 is 5.91 Å². The zero-order valence-corrected chi connectivity index (χ0v) is 11.1. The summed E-state index contributed by atoms with van der Waals surface area (Å²) >= 11 is 0. The third-order valence-corrected chi connectivity index (χ3v) is 4.24. The van der Waals surface area contributed by atoms with Crippen LogP contribution in [-0.4, -0.2) is 54.5 Å². The van der Waals surface area contributed by atoms with Crippen LogP contribution in [-0.2, 0) is 4.79 Å². The first-order chi connectivity index (χ1) is 8.11. The lowest BCUT2D eigenvalue weighted by molar-refractivity contribution is -0.134. The molecule has 0 bridgehead atoms. The third-order valence-electron chi connectivity index (χ3n) is 4.24. The van der Waals surface area contributed by atoms with Gasteiger partial charge in [-0.15, -0.1) is 0 Å². The van der Waals surface area contributed by atoms with Crippen LogP contribution in [0.15, 0.2) is 0 Å². The molecular formula is C13H25N3O. The van der Waals surface area contributed by atoms with Crippen LogP contribution in [0.5, 0.6) is 0 Å². The smallest absolute Gasteiger partial charge is 0.224 e. The average Bonchev–Trinajstić information content (AvgIpc) is 3.13. The van der Waals surface area contributed by atoms with E-state index < -0.39 is 0 Å². The minimum atomic E-state index is 0.0993. The largest absolute Gasteiger partial charge is 0.340 e. The number of carbonyl (C=O) groups excluding carboxylic acids is 1. The van der Waals surface area contributed by atoms with Gasteiger partial charge in [0.05, 0.1) is 0 Å². The lowest BCUT2D eigenvalue weighted by atomic mass is 10.1. The summed E-state index contributed by atoms with van der Waals surface area (Å²) in [5, 5.41) is 0.